The highest BCUT2D eigenvalue weighted by Gasteiger charge is 2.72. The topological polar surface area (TPSA) is 53.0 Å². The molecular weight excluding hydrogens is 170 g/mol. The zero-order chi connectivity index (χ0) is 8.93. The summed E-state index contributed by atoms with van der Waals surface area (Å²) in [6.45, 7) is -0.190. The van der Waals surface area contributed by atoms with Crippen LogP contribution in [0.15, 0.2) is 0 Å². The number of rotatable bonds is 2. The molecule has 0 spiro atoms. The van der Waals surface area contributed by atoms with Crippen molar-refractivity contribution in [1.29, 1.82) is 0 Å². The van der Waals surface area contributed by atoms with Crippen LogP contribution in [0.1, 0.15) is 6.42 Å². The Balaban J connectivity index is 2.09. The van der Waals surface area contributed by atoms with Crippen LogP contribution >= 0.6 is 0 Å². The SMILES string of the molecule is OCC[C@@H]1[C@H]2O[C@H]2C(F)(F)[C@H]1O. The van der Waals surface area contributed by atoms with Gasteiger partial charge in [-0.15, -0.1) is 0 Å². The predicted octanol–water partition coefficient (Wildman–Crippen LogP) is -0.238. The summed E-state index contributed by atoms with van der Waals surface area (Å²) in [5.41, 5.74) is 0. The Kier molecular flexibility index (Phi) is 1.65. The lowest BCUT2D eigenvalue weighted by Crippen LogP contribution is -2.38. The van der Waals surface area contributed by atoms with Crippen LogP contribution in [0, 0.1) is 5.92 Å². The average Bonchev–Trinajstić information content (AvgIpc) is 2.74. The van der Waals surface area contributed by atoms with Gasteiger partial charge < -0.3 is 14.9 Å². The number of hydrogen-bond acceptors (Lipinski definition) is 3. The highest BCUT2D eigenvalue weighted by Crippen LogP contribution is 2.53. The van der Waals surface area contributed by atoms with E-state index in [9.17, 15) is 8.78 Å². The molecule has 1 saturated carbocycles. The van der Waals surface area contributed by atoms with Gasteiger partial charge in [0.25, 0.3) is 0 Å². The first-order chi connectivity index (χ1) is 5.59. The lowest BCUT2D eigenvalue weighted by molar-refractivity contribution is -0.140. The molecule has 1 aliphatic heterocycles. The Morgan fingerprint density at radius 1 is 1.42 bits per heavy atom. The van der Waals surface area contributed by atoms with Crippen molar-refractivity contribution in [2.45, 2.75) is 30.7 Å². The maximum atomic E-state index is 12.9. The average molecular weight is 180 g/mol. The summed E-state index contributed by atoms with van der Waals surface area (Å²) in [6.07, 6.45) is -3.11. The van der Waals surface area contributed by atoms with Crippen molar-refractivity contribution < 1.29 is 23.7 Å². The third-order valence-electron chi connectivity index (χ3n) is 2.59. The van der Waals surface area contributed by atoms with Gasteiger partial charge in [-0.05, 0) is 6.42 Å². The van der Waals surface area contributed by atoms with Crippen molar-refractivity contribution in [2.24, 2.45) is 5.92 Å². The van der Waals surface area contributed by atoms with Crippen LogP contribution in [0.4, 0.5) is 8.78 Å². The first-order valence-electron chi connectivity index (χ1n) is 3.91. The second kappa shape index (κ2) is 2.37. The van der Waals surface area contributed by atoms with E-state index in [0.717, 1.165) is 0 Å². The fourth-order valence-electron chi connectivity index (χ4n) is 1.86. The molecule has 2 fully saturated rings. The van der Waals surface area contributed by atoms with Crippen LogP contribution in [0.25, 0.3) is 0 Å². The van der Waals surface area contributed by atoms with Crippen molar-refractivity contribution in [3.05, 3.63) is 0 Å². The van der Waals surface area contributed by atoms with Gasteiger partial charge in [0.1, 0.15) is 6.10 Å². The molecule has 5 heteroatoms. The van der Waals surface area contributed by atoms with Gasteiger partial charge in [-0.3, -0.25) is 0 Å². The van der Waals surface area contributed by atoms with Gasteiger partial charge in [0.15, 0.2) is 6.10 Å². The summed E-state index contributed by atoms with van der Waals surface area (Å²) in [4.78, 5) is 0. The highest BCUT2D eigenvalue weighted by atomic mass is 19.3. The summed E-state index contributed by atoms with van der Waals surface area (Å²) < 4.78 is 30.5. The number of alkyl halides is 2. The monoisotopic (exact) mass is 180 g/mol. The number of aliphatic hydroxyl groups is 2. The number of fused-ring (bicyclic) bond motifs is 1. The second-order valence-corrected chi connectivity index (χ2v) is 3.32. The van der Waals surface area contributed by atoms with Gasteiger partial charge in [0.2, 0.25) is 0 Å². The number of aliphatic hydroxyl groups excluding tert-OH is 2. The van der Waals surface area contributed by atoms with Crippen LogP contribution in [-0.4, -0.2) is 41.1 Å². The zero-order valence-electron chi connectivity index (χ0n) is 6.28. The van der Waals surface area contributed by atoms with Crippen LogP contribution in [0.2, 0.25) is 0 Å². The Morgan fingerprint density at radius 3 is 2.50 bits per heavy atom. The van der Waals surface area contributed by atoms with E-state index < -0.39 is 30.2 Å². The first kappa shape index (κ1) is 8.34. The van der Waals surface area contributed by atoms with Crippen LogP contribution in [-0.2, 0) is 4.74 Å². The quantitative estimate of drug-likeness (QED) is 0.577. The van der Waals surface area contributed by atoms with Gasteiger partial charge >= 0.3 is 5.92 Å². The minimum Gasteiger partial charge on any atom is -0.396 e. The molecule has 0 unspecified atom stereocenters. The molecule has 0 bridgehead atoms. The third-order valence-corrected chi connectivity index (χ3v) is 2.59. The van der Waals surface area contributed by atoms with Gasteiger partial charge in [-0.25, -0.2) is 8.78 Å². The van der Waals surface area contributed by atoms with Crippen LogP contribution in [0.3, 0.4) is 0 Å². The van der Waals surface area contributed by atoms with E-state index in [0.29, 0.717) is 0 Å². The summed E-state index contributed by atoms with van der Waals surface area (Å²) >= 11 is 0. The van der Waals surface area contributed by atoms with Crippen LogP contribution in [0.5, 0.6) is 0 Å². The van der Waals surface area contributed by atoms with E-state index in [2.05, 4.69) is 4.74 Å². The Hall–Kier alpha value is -0.260. The Labute approximate surface area is 68.0 Å². The van der Waals surface area contributed by atoms with Crippen molar-refractivity contribution in [3.8, 4) is 0 Å². The fraction of sp³-hybridized carbons (Fsp3) is 1.00. The number of hydrogen-bond donors (Lipinski definition) is 2. The number of ether oxygens (including phenoxy) is 1. The molecule has 4 atom stereocenters. The molecule has 1 saturated heterocycles. The molecule has 2 N–H and O–H groups in total. The van der Waals surface area contributed by atoms with E-state index in [-0.39, 0.29) is 13.0 Å². The molecule has 1 aliphatic carbocycles. The van der Waals surface area contributed by atoms with Crippen molar-refractivity contribution >= 4 is 0 Å². The molecule has 12 heavy (non-hydrogen) atoms. The molecule has 0 aromatic rings. The van der Waals surface area contributed by atoms with Crippen molar-refractivity contribution in [2.75, 3.05) is 6.61 Å². The normalized spacial score (nSPS) is 49.0. The summed E-state index contributed by atoms with van der Waals surface area (Å²) in [7, 11) is 0. The molecule has 3 nitrogen and oxygen atoms in total. The Bertz CT molecular complexity index is 197. The molecule has 0 radical (unpaired) electrons. The van der Waals surface area contributed by atoms with Crippen molar-refractivity contribution in [3.63, 3.8) is 0 Å². The Morgan fingerprint density at radius 2 is 2.08 bits per heavy atom. The molecule has 0 amide bonds. The maximum absolute atomic E-state index is 12.9. The second-order valence-electron chi connectivity index (χ2n) is 3.32. The summed E-state index contributed by atoms with van der Waals surface area (Å²) in [5, 5.41) is 17.6. The zero-order valence-corrected chi connectivity index (χ0v) is 6.28. The molecule has 2 aliphatic rings. The summed E-state index contributed by atoms with van der Waals surface area (Å²) in [5.74, 6) is -3.72. The van der Waals surface area contributed by atoms with Gasteiger partial charge in [-0.1, -0.05) is 0 Å². The lowest BCUT2D eigenvalue weighted by Gasteiger charge is -2.21. The van der Waals surface area contributed by atoms with Gasteiger partial charge in [-0.2, -0.15) is 0 Å². The minimum absolute atomic E-state index is 0.178. The first-order valence-corrected chi connectivity index (χ1v) is 3.91. The van der Waals surface area contributed by atoms with E-state index >= 15 is 0 Å². The number of epoxide rings is 1. The van der Waals surface area contributed by atoms with E-state index in [1.54, 1.807) is 0 Å². The molecule has 1 heterocycles. The predicted molar refractivity (Wildman–Crippen MR) is 34.8 cm³/mol. The maximum Gasteiger partial charge on any atom is 0.301 e. The smallest absolute Gasteiger partial charge is 0.301 e. The van der Waals surface area contributed by atoms with E-state index in [1.807, 2.05) is 0 Å². The standard InChI is InChI=1S/C7H10F2O3/c8-7(9)5(11)3(1-2-10)4-6(7)12-4/h3-6,10-11H,1-2H2/t3-,4-,5+,6-/m1/s1. The van der Waals surface area contributed by atoms with Crippen LogP contribution < -0.4 is 0 Å². The molecule has 0 aromatic carbocycles. The molecule has 70 valence electrons. The lowest BCUT2D eigenvalue weighted by atomic mass is 10.0. The number of halogens is 2. The van der Waals surface area contributed by atoms with Gasteiger partial charge in [0.05, 0.1) is 6.10 Å². The molecular formula is C7H10F2O3. The third kappa shape index (κ3) is 0.901. The molecule has 2 rings (SSSR count). The summed E-state index contributed by atoms with van der Waals surface area (Å²) in [6, 6.07) is 0. The largest absolute Gasteiger partial charge is 0.396 e. The minimum atomic E-state index is -3.12. The van der Waals surface area contributed by atoms with E-state index in [1.165, 1.54) is 0 Å². The molecule has 0 aromatic heterocycles. The van der Waals surface area contributed by atoms with Gasteiger partial charge in [0, 0.05) is 12.5 Å². The van der Waals surface area contributed by atoms with Crippen molar-refractivity contribution in [1.82, 2.24) is 0 Å². The van der Waals surface area contributed by atoms with E-state index in [4.69, 9.17) is 10.2 Å². The highest BCUT2D eigenvalue weighted by molar-refractivity contribution is 5.13. The fourth-order valence-corrected chi connectivity index (χ4v) is 1.86.